The highest BCUT2D eigenvalue weighted by molar-refractivity contribution is 4.74. The van der Waals surface area contributed by atoms with Gasteiger partial charge in [-0.1, -0.05) is 33.1 Å². The summed E-state index contributed by atoms with van der Waals surface area (Å²) in [6, 6.07) is 0.740. The maximum Gasteiger partial charge on any atom is 0.00413 e. The van der Waals surface area contributed by atoms with E-state index in [9.17, 15) is 0 Å². The monoisotopic (exact) mass is 183 g/mol. The first kappa shape index (κ1) is 11.0. The van der Waals surface area contributed by atoms with Crippen molar-refractivity contribution in [1.82, 2.24) is 5.32 Å². The van der Waals surface area contributed by atoms with Crippen molar-refractivity contribution < 1.29 is 0 Å². The highest BCUT2D eigenvalue weighted by atomic mass is 14.9. The molecule has 1 saturated carbocycles. The first-order valence-electron chi connectivity index (χ1n) is 5.92. The van der Waals surface area contributed by atoms with Crippen LogP contribution in [0.3, 0.4) is 0 Å². The van der Waals surface area contributed by atoms with Crippen LogP contribution in [0.5, 0.6) is 0 Å². The van der Waals surface area contributed by atoms with E-state index in [0.717, 1.165) is 17.9 Å². The lowest BCUT2D eigenvalue weighted by molar-refractivity contribution is 0.265. The first-order valence-corrected chi connectivity index (χ1v) is 5.92. The Morgan fingerprint density at radius 2 is 1.92 bits per heavy atom. The largest absolute Gasteiger partial charge is 0.314 e. The van der Waals surface area contributed by atoms with E-state index in [1.54, 1.807) is 0 Å². The molecule has 1 fully saturated rings. The molecular weight excluding hydrogens is 158 g/mol. The van der Waals surface area contributed by atoms with Gasteiger partial charge in [-0.25, -0.2) is 0 Å². The summed E-state index contributed by atoms with van der Waals surface area (Å²) in [4.78, 5) is 0. The second-order valence-electron chi connectivity index (χ2n) is 5.07. The molecule has 1 aliphatic rings. The van der Waals surface area contributed by atoms with Crippen molar-refractivity contribution in [3.8, 4) is 0 Å². The standard InChI is InChI=1S/C12H25N/c1-10(2)7-8-13-11(3)9-12-5-4-6-12/h10-13H,4-9H2,1-3H3. The summed E-state index contributed by atoms with van der Waals surface area (Å²) in [6.07, 6.45) is 7.16. The molecule has 0 heterocycles. The van der Waals surface area contributed by atoms with Gasteiger partial charge >= 0.3 is 0 Å². The van der Waals surface area contributed by atoms with Gasteiger partial charge in [-0.05, 0) is 38.1 Å². The fraction of sp³-hybridized carbons (Fsp3) is 1.00. The summed E-state index contributed by atoms with van der Waals surface area (Å²) >= 11 is 0. The first-order chi connectivity index (χ1) is 6.18. The Balaban J connectivity index is 1.93. The molecule has 0 radical (unpaired) electrons. The molecule has 1 atom stereocenters. The second-order valence-corrected chi connectivity index (χ2v) is 5.07. The van der Waals surface area contributed by atoms with E-state index in [1.165, 1.54) is 38.6 Å². The fourth-order valence-corrected chi connectivity index (χ4v) is 1.93. The van der Waals surface area contributed by atoms with Crippen LogP contribution in [0, 0.1) is 11.8 Å². The molecule has 1 unspecified atom stereocenters. The predicted molar refractivity (Wildman–Crippen MR) is 58.9 cm³/mol. The average Bonchev–Trinajstić information content (AvgIpc) is 1.96. The highest BCUT2D eigenvalue weighted by Gasteiger charge is 2.19. The summed E-state index contributed by atoms with van der Waals surface area (Å²) in [5.74, 6) is 1.88. The summed E-state index contributed by atoms with van der Waals surface area (Å²) in [6.45, 7) is 8.11. The van der Waals surface area contributed by atoms with Crippen LogP contribution in [0.15, 0.2) is 0 Å². The zero-order chi connectivity index (χ0) is 9.68. The van der Waals surface area contributed by atoms with E-state index in [0.29, 0.717) is 0 Å². The van der Waals surface area contributed by atoms with E-state index in [-0.39, 0.29) is 0 Å². The van der Waals surface area contributed by atoms with E-state index >= 15 is 0 Å². The number of hydrogen-bond donors (Lipinski definition) is 1. The third-order valence-electron chi connectivity index (χ3n) is 3.13. The molecule has 1 nitrogen and oxygen atoms in total. The van der Waals surface area contributed by atoms with Crippen LogP contribution < -0.4 is 5.32 Å². The Hall–Kier alpha value is -0.0400. The van der Waals surface area contributed by atoms with Crippen molar-refractivity contribution in [2.45, 2.75) is 58.9 Å². The van der Waals surface area contributed by atoms with E-state index in [1.807, 2.05) is 0 Å². The quantitative estimate of drug-likeness (QED) is 0.667. The molecule has 0 saturated heterocycles. The predicted octanol–water partition coefficient (Wildman–Crippen LogP) is 3.20. The maximum atomic E-state index is 3.61. The third kappa shape index (κ3) is 4.66. The van der Waals surface area contributed by atoms with Gasteiger partial charge < -0.3 is 5.32 Å². The van der Waals surface area contributed by atoms with Gasteiger partial charge in [0.25, 0.3) is 0 Å². The van der Waals surface area contributed by atoms with Crippen LogP contribution in [0.25, 0.3) is 0 Å². The van der Waals surface area contributed by atoms with Crippen molar-refractivity contribution in [2.24, 2.45) is 11.8 Å². The average molecular weight is 183 g/mol. The molecule has 0 amide bonds. The van der Waals surface area contributed by atoms with Crippen molar-refractivity contribution >= 4 is 0 Å². The SMILES string of the molecule is CC(C)CCNC(C)CC1CCC1. The minimum atomic E-state index is 0.740. The highest BCUT2D eigenvalue weighted by Crippen LogP contribution is 2.30. The molecule has 0 aromatic rings. The minimum Gasteiger partial charge on any atom is -0.314 e. The van der Waals surface area contributed by atoms with Crippen LogP contribution in [-0.2, 0) is 0 Å². The van der Waals surface area contributed by atoms with Crippen molar-refractivity contribution in [3.05, 3.63) is 0 Å². The maximum absolute atomic E-state index is 3.61. The lowest BCUT2D eigenvalue weighted by Gasteiger charge is -2.28. The van der Waals surface area contributed by atoms with E-state index < -0.39 is 0 Å². The molecule has 1 aliphatic carbocycles. The van der Waals surface area contributed by atoms with E-state index in [4.69, 9.17) is 0 Å². The molecule has 0 aromatic heterocycles. The van der Waals surface area contributed by atoms with Crippen LogP contribution in [0.4, 0.5) is 0 Å². The molecule has 0 aromatic carbocycles. The van der Waals surface area contributed by atoms with Crippen molar-refractivity contribution in [2.75, 3.05) is 6.54 Å². The Labute approximate surface area is 83.3 Å². The lowest BCUT2D eigenvalue weighted by atomic mass is 9.81. The second kappa shape index (κ2) is 5.64. The third-order valence-corrected chi connectivity index (χ3v) is 3.13. The molecule has 1 N–H and O–H groups in total. The molecule has 1 heteroatoms. The number of hydrogen-bond acceptors (Lipinski definition) is 1. The smallest absolute Gasteiger partial charge is 0.00413 e. The number of nitrogens with one attached hydrogen (secondary N) is 1. The topological polar surface area (TPSA) is 12.0 Å². The van der Waals surface area contributed by atoms with Gasteiger partial charge in [-0.15, -0.1) is 0 Å². The van der Waals surface area contributed by atoms with Gasteiger partial charge in [-0.2, -0.15) is 0 Å². The molecule has 0 aliphatic heterocycles. The Kier molecular flexibility index (Phi) is 4.79. The van der Waals surface area contributed by atoms with Crippen molar-refractivity contribution in [1.29, 1.82) is 0 Å². The Morgan fingerprint density at radius 3 is 2.38 bits per heavy atom. The Morgan fingerprint density at radius 1 is 1.23 bits per heavy atom. The van der Waals surface area contributed by atoms with Gasteiger partial charge in [0, 0.05) is 6.04 Å². The summed E-state index contributed by atoms with van der Waals surface area (Å²) < 4.78 is 0. The Bertz CT molecular complexity index is 127. The zero-order valence-electron chi connectivity index (χ0n) is 9.47. The summed E-state index contributed by atoms with van der Waals surface area (Å²) in [5, 5.41) is 3.61. The molecule has 13 heavy (non-hydrogen) atoms. The zero-order valence-corrected chi connectivity index (χ0v) is 9.47. The lowest BCUT2D eigenvalue weighted by Crippen LogP contribution is -2.31. The summed E-state index contributed by atoms with van der Waals surface area (Å²) in [5.41, 5.74) is 0. The normalized spacial score (nSPS) is 20.3. The fourth-order valence-electron chi connectivity index (χ4n) is 1.93. The molecular formula is C12H25N. The van der Waals surface area contributed by atoms with Gasteiger partial charge in [0.1, 0.15) is 0 Å². The minimum absolute atomic E-state index is 0.740. The van der Waals surface area contributed by atoms with Crippen LogP contribution in [-0.4, -0.2) is 12.6 Å². The van der Waals surface area contributed by atoms with Gasteiger partial charge in [0.2, 0.25) is 0 Å². The van der Waals surface area contributed by atoms with Crippen molar-refractivity contribution in [3.63, 3.8) is 0 Å². The van der Waals surface area contributed by atoms with E-state index in [2.05, 4.69) is 26.1 Å². The van der Waals surface area contributed by atoms with Gasteiger partial charge in [0.15, 0.2) is 0 Å². The molecule has 0 spiro atoms. The van der Waals surface area contributed by atoms with Crippen LogP contribution in [0.1, 0.15) is 52.9 Å². The van der Waals surface area contributed by atoms with Gasteiger partial charge in [-0.3, -0.25) is 0 Å². The molecule has 1 rings (SSSR count). The van der Waals surface area contributed by atoms with Gasteiger partial charge in [0.05, 0.1) is 0 Å². The van der Waals surface area contributed by atoms with Crippen LogP contribution in [0.2, 0.25) is 0 Å². The molecule has 0 bridgehead atoms. The number of rotatable bonds is 6. The summed E-state index contributed by atoms with van der Waals surface area (Å²) in [7, 11) is 0. The molecule has 78 valence electrons. The van der Waals surface area contributed by atoms with Crippen LogP contribution >= 0.6 is 0 Å².